The largest absolute Gasteiger partial charge is 0.466 e. The summed E-state index contributed by atoms with van der Waals surface area (Å²) in [5.74, 6) is -0.867. The fourth-order valence-corrected chi connectivity index (χ4v) is 5.78. The highest BCUT2D eigenvalue weighted by molar-refractivity contribution is 6.05. The van der Waals surface area contributed by atoms with Crippen LogP contribution in [0, 0.1) is 12.8 Å². The number of esters is 1. The van der Waals surface area contributed by atoms with Crippen LogP contribution in [0.3, 0.4) is 0 Å². The Morgan fingerprint density at radius 1 is 1.00 bits per heavy atom. The molecule has 1 fully saturated rings. The highest BCUT2D eigenvalue weighted by Gasteiger charge is 2.38. The Hall–Kier alpha value is -4.36. The van der Waals surface area contributed by atoms with Crippen LogP contribution in [0.4, 0.5) is 38.1 Å². The summed E-state index contributed by atoms with van der Waals surface area (Å²) >= 11 is 0. The molecule has 2 aromatic carbocycles. The maximum atomic E-state index is 14.3. The van der Waals surface area contributed by atoms with Gasteiger partial charge in [0.25, 0.3) is 5.91 Å². The van der Waals surface area contributed by atoms with Gasteiger partial charge in [-0.3, -0.25) is 9.59 Å². The minimum absolute atomic E-state index is 0.0553. The summed E-state index contributed by atoms with van der Waals surface area (Å²) in [7, 11) is 0. The van der Waals surface area contributed by atoms with Crippen LogP contribution >= 0.6 is 0 Å². The van der Waals surface area contributed by atoms with Crippen LogP contribution in [0.1, 0.15) is 58.8 Å². The topological polar surface area (TPSA) is 87.7 Å². The molecule has 0 aliphatic carbocycles. The Morgan fingerprint density at radius 2 is 1.70 bits per heavy atom. The van der Waals surface area contributed by atoms with Gasteiger partial charge in [-0.1, -0.05) is 24.3 Å². The van der Waals surface area contributed by atoms with E-state index < -0.39 is 35.9 Å². The molecule has 5 rings (SSSR count). The molecule has 2 aliphatic heterocycles. The molecular formula is C32H33F6N5O3. The number of ether oxygens (including phenoxy) is 1. The number of benzene rings is 2. The molecule has 46 heavy (non-hydrogen) atoms. The summed E-state index contributed by atoms with van der Waals surface area (Å²) in [5.41, 5.74) is -1.49. The Balaban J connectivity index is 1.58. The second kappa shape index (κ2) is 13.2. The molecule has 8 nitrogen and oxygen atoms in total. The van der Waals surface area contributed by atoms with E-state index in [0.717, 1.165) is 5.56 Å². The van der Waals surface area contributed by atoms with Crippen LogP contribution in [0.2, 0.25) is 0 Å². The number of hydrogen-bond acceptors (Lipinski definition) is 7. The molecule has 3 heterocycles. The number of carbonyl (C=O) groups excluding carboxylic acids is 2. The Bertz CT molecular complexity index is 1580. The number of aromatic nitrogens is 2. The standard InChI is InChI=1S/C32H33F6N5O3/c1-3-46-29(45)21-9-6-12-43(18-21)30-40-26(24-10-5-4-8-19(24)2)25-27(41-30)39-11-7-13-42(28(25)44)17-20-14-22(31(33,34)35)16-23(15-20)32(36,37)38/h4-5,8,10,14-16,21H,3,6-7,9,11-13,17-18H2,1-2H3,(H,39,40,41). The van der Waals surface area contributed by atoms with Crippen molar-refractivity contribution in [3.63, 3.8) is 0 Å². The maximum absolute atomic E-state index is 14.3. The zero-order valence-corrected chi connectivity index (χ0v) is 25.3. The van der Waals surface area contributed by atoms with Crippen LogP contribution in [-0.4, -0.2) is 59.5 Å². The summed E-state index contributed by atoms with van der Waals surface area (Å²) < 4.78 is 86.7. The molecule has 1 N–H and O–H groups in total. The van der Waals surface area contributed by atoms with E-state index in [4.69, 9.17) is 9.72 Å². The molecule has 246 valence electrons. The molecule has 2 aliphatic rings. The first-order valence-electron chi connectivity index (χ1n) is 15.0. The van der Waals surface area contributed by atoms with Crippen molar-refractivity contribution in [1.82, 2.24) is 14.9 Å². The van der Waals surface area contributed by atoms with E-state index in [-0.39, 0.29) is 59.7 Å². The number of fused-ring (bicyclic) bond motifs is 1. The van der Waals surface area contributed by atoms with Gasteiger partial charge in [0.2, 0.25) is 5.95 Å². The van der Waals surface area contributed by atoms with Crippen molar-refractivity contribution in [2.45, 2.75) is 52.0 Å². The number of anilines is 2. The summed E-state index contributed by atoms with van der Waals surface area (Å²) in [5, 5.41) is 3.19. The average molecular weight is 650 g/mol. The van der Waals surface area contributed by atoms with E-state index in [9.17, 15) is 35.9 Å². The summed E-state index contributed by atoms with van der Waals surface area (Å²) in [4.78, 5) is 39.4. The van der Waals surface area contributed by atoms with Crippen LogP contribution in [0.25, 0.3) is 11.3 Å². The van der Waals surface area contributed by atoms with E-state index in [1.807, 2.05) is 24.0 Å². The van der Waals surface area contributed by atoms with Gasteiger partial charge in [-0.15, -0.1) is 0 Å². The third kappa shape index (κ3) is 7.20. The minimum atomic E-state index is -5.02. The predicted molar refractivity (Wildman–Crippen MR) is 158 cm³/mol. The van der Waals surface area contributed by atoms with Crippen molar-refractivity contribution < 1.29 is 40.7 Å². The molecule has 0 radical (unpaired) electrons. The summed E-state index contributed by atoms with van der Waals surface area (Å²) in [6.07, 6.45) is -8.36. The molecule has 1 atom stereocenters. The number of nitrogens with one attached hydrogen (secondary N) is 1. The van der Waals surface area contributed by atoms with Gasteiger partial charge in [-0.25, -0.2) is 4.98 Å². The number of carbonyl (C=O) groups is 2. The number of aryl methyl sites for hydroxylation is 1. The van der Waals surface area contributed by atoms with Crippen molar-refractivity contribution in [2.75, 3.05) is 43.0 Å². The number of nitrogens with zero attached hydrogens (tertiary/aromatic N) is 4. The first-order chi connectivity index (χ1) is 21.8. The van der Waals surface area contributed by atoms with Gasteiger partial charge >= 0.3 is 18.3 Å². The summed E-state index contributed by atoms with van der Waals surface area (Å²) in [6, 6.07) is 8.54. The van der Waals surface area contributed by atoms with Gasteiger partial charge in [0.05, 0.1) is 29.3 Å². The third-order valence-electron chi connectivity index (χ3n) is 8.04. The molecule has 1 amide bonds. The van der Waals surface area contributed by atoms with E-state index in [1.54, 1.807) is 19.1 Å². The van der Waals surface area contributed by atoms with Crippen LogP contribution in [-0.2, 0) is 28.4 Å². The van der Waals surface area contributed by atoms with Crippen LogP contribution in [0.5, 0.6) is 0 Å². The molecule has 0 saturated carbocycles. The number of rotatable bonds is 6. The number of piperidine rings is 1. The molecule has 3 aromatic rings. The van der Waals surface area contributed by atoms with Gasteiger partial charge in [0.15, 0.2) is 0 Å². The molecular weight excluding hydrogens is 616 g/mol. The van der Waals surface area contributed by atoms with Gasteiger partial charge in [0.1, 0.15) is 11.4 Å². The van der Waals surface area contributed by atoms with Crippen molar-refractivity contribution >= 4 is 23.6 Å². The number of alkyl halides is 6. The molecule has 1 unspecified atom stereocenters. The SMILES string of the molecule is CCOC(=O)C1CCCN(c2nc3c(c(-c4ccccc4C)n2)C(=O)N(Cc2cc(C(F)(F)F)cc(C(F)(F)F)c2)CCCN3)C1. The van der Waals surface area contributed by atoms with E-state index >= 15 is 0 Å². The number of hydrogen-bond donors (Lipinski definition) is 1. The van der Waals surface area contributed by atoms with Crippen molar-refractivity contribution in [3.8, 4) is 11.3 Å². The second-order valence-electron chi connectivity index (χ2n) is 11.4. The van der Waals surface area contributed by atoms with Gasteiger partial charge in [-0.2, -0.15) is 31.3 Å². The first-order valence-corrected chi connectivity index (χ1v) is 15.0. The number of amides is 1. The zero-order chi connectivity index (χ0) is 33.2. The molecule has 0 bridgehead atoms. The van der Waals surface area contributed by atoms with Crippen LogP contribution < -0.4 is 10.2 Å². The maximum Gasteiger partial charge on any atom is 0.416 e. The quantitative estimate of drug-likeness (QED) is 0.234. The lowest BCUT2D eigenvalue weighted by Crippen LogP contribution is -2.41. The van der Waals surface area contributed by atoms with E-state index in [0.29, 0.717) is 56.6 Å². The molecule has 0 spiro atoms. The molecule has 1 aromatic heterocycles. The first kappa shape index (κ1) is 33.0. The Morgan fingerprint density at radius 3 is 2.35 bits per heavy atom. The highest BCUT2D eigenvalue weighted by Crippen LogP contribution is 2.38. The average Bonchev–Trinajstić information content (AvgIpc) is 3.00. The fraction of sp³-hybridized carbons (Fsp3) is 0.438. The second-order valence-corrected chi connectivity index (χ2v) is 11.4. The Labute approximate surface area is 261 Å². The van der Waals surface area contributed by atoms with E-state index in [1.165, 1.54) is 4.90 Å². The fourth-order valence-electron chi connectivity index (χ4n) is 5.78. The molecule has 14 heteroatoms. The van der Waals surface area contributed by atoms with Crippen LogP contribution in [0.15, 0.2) is 42.5 Å². The lowest BCUT2D eigenvalue weighted by Gasteiger charge is -2.33. The van der Waals surface area contributed by atoms with Gasteiger partial charge < -0.3 is 19.9 Å². The van der Waals surface area contributed by atoms with Crippen molar-refractivity contribution in [1.29, 1.82) is 0 Å². The predicted octanol–water partition coefficient (Wildman–Crippen LogP) is 6.73. The minimum Gasteiger partial charge on any atom is -0.466 e. The third-order valence-corrected chi connectivity index (χ3v) is 8.04. The van der Waals surface area contributed by atoms with Crippen molar-refractivity contribution in [3.05, 3.63) is 70.3 Å². The highest BCUT2D eigenvalue weighted by atomic mass is 19.4. The van der Waals surface area contributed by atoms with Gasteiger partial charge in [-0.05, 0) is 62.4 Å². The lowest BCUT2D eigenvalue weighted by molar-refractivity contribution is -0.148. The van der Waals surface area contributed by atoms with Gasteiger partial charge in [0, 0.05) is 38.3 Å². The Kier molecular flexibility index (Phi) is 9.45. The van der Waals surface area contributed by atoms with E-state index in [2.05, 4.69) is 10.3 Å². The molecule has 1 saturated heterocycles. The normalized spacial score (nSPS) is 17.6. The summed E-state index contributed by atoms with van der Waals surface area (Å²) in [6.45, 7) is 4.57. The zero-order valence-electron chi connectivity index (χ0n) is 25.3. The monoisotopic (exact) mass is 649 g/mol. The van der Waals surface area contributed by atoms with Crippen molar-refractivity contribution in [2.24, 2.45) is 5.92 Å². The smallest absolute Gasteiger partial charge is 0.416 e. The number of halogens is 6. The lowest BCUT2D eigenvalue weighted by atomic mass is 9.98.